The zero-order valence-corrected chi connectivity index (χ0v) is 13.3. The van der Waals surface area contributed by atoms with Gasteiger partial charge in [-0.2, -0.15) is 0 Å². The smallest absolute Gasteiger partial charge is 0.309 e. The predicted molar refractivity (Wildman–Crippen MR) is 86.3 cm³/mol. The van der Waals surface area contributed by atoms with Crippen molar-refractivity contribution in [3.63, 3.8) is 0 Å². The van der Waals surface area contributed by atoms with Crippen LogP contribution in [0.25, 0.3) is 0 Å². The monoisotopic (exact) mass is 288 g/mol. The summed E-state index contributed by atoms with van der Waals surface area (Å²) in [5.41, 5.74) is 2.41. The lowest BCUT2D eigenvalue weighted by atomic mass is 9.85. The second kappa shape index (κ2) is 8.86. The van der Waals surface area contributed by atoms with Gasteiger partial charge in [-0.15, -0.1) is 0 Å². The number of carbonyl (C=O) groups excluding carboxylic acids is 1. The summed E-state index contributed by atoms with van der Waals surface area (Å²) in [4.78, 5) is 11.3. The van der Waals surface area contributed by atoms with E-state index in [9.17, 15) is 4.79 Å². The first-order valence-electron chi connectivity index (χ1n) is 8.42. The van der Waals surface area contributed by atoms with E-state index in [1.165, 1.54) is 64.0 Å². The van der Waals surface area contributed by atoms with E-state index in [0.717, 1.165) is 17.9 Å². The van der Waals surface area contributed by atoms with Crippen LogP contribution in [0.3, 0.4) is 0 Å². The fourth-order valence-electron chi connectivity index (χ4n) is 3.37. The number of hydrogen-bond acceptors (Lipinski definition) is 2. The van der Waals surface area contributed by atoms with Gasteiger partial charge < -0.3 is 4.74 Å². The van der Waals surface area contributed by atoms with Gasteiger partial charge in [0.25, 0.3) is 0 Å². The van der Waals surface area contributed by atoms with E-state index >= 15 is 0 Å². The molecule has 0 unspecified atom stereocenters. The third-order valence-corrected chi connectivity index (χ3v) is 4.62. The average Bonchev–Trinajstić information content (AvgIpc) is 2.53. The molecule has 0 N–H and O–H groups in total. The Morgan fingerprint density at radius 2 is 1.90 bits per heavy atom. The van der Waals surface area contributed by atoms with Crippen LogP contribution in [0.15, 0.2) is 24.3 Å². The first kappa shape index (κ1) is 16.1. The fourth-order valence-corrected chi connectivity index (χ4v) is 3.37. The van der Waals surface area contributed by atoms with E-state index in [-0.39, 0.29) is 5.97 Å². The second-order valence-electron chi connectivity index (χ2n) is 6.32. The largest absolute Gasteiger partial charge is 0.469 e. The summed E-state index contributed by atoms with van der Waals surface area (Å²) in [5.74, 6) is 0.828. The Bertz CT molecular complexity index is 433. The lowest BCUT2D eigenvalue weighted by Crippen LogP contribution is -2.06. The molecule has 2 nitrogen and oxygen atoms in total. The molecule has 0 aliphatic heterocycles. The van der Waals surface area contributed by atoms with Crippen LogP contribution in [0.4, 0.5) is 0 Å². The van der Waals surface area contributed by atoms with Gasteiger partial charge >= 0.3 is 5.97 Å². The van der Waals surface area contributed by atoms with E-state index < -0.39 is 0 Å². The maximum absolute atomic E-state index is 11.3. The first-order chi connectivity index (χ1) is 10.3. The van der Waals surface area contributed by atoms with Crippen LogP contribution in [-0.4, -0.2) is 13.1 Å². The van der Waals surface area contributed by atoms with Crippen LogP contribution in [0.2, 0.25) is 0 Å². The highest BCUT2D eigenvalue weighted by Crippen LogP contribution is 2.27. The van der Waals surface area contributed by atoms with E-state index in [4.69, 9.17) is 4.74 Å². The molecular weight excluding hydrogens is 260 g/mol. The van der Waals surface area contributed by atoms with Crippen LogP contribution in [0.5, 0.6) is 0 Å². The van der Waals surface area contributed by atoms with Gasteiger partial charge in [-0.05, 0) is 29.9 Å². The highest BCUT2D eigenvalue weighted by atomic mass is 16.5. The van der Waals surface area contributed by atoms with Crippen molar-refractivity contribution in [3.05, 3.63) is 35.4 Å². The number of esters is 1. The van der Waals surface area contributed by atoms with Crippen LogP contribution in [0.1, 0.15) is 62.5 Å². The number of carbonyl (C=O) groups is 1. The van der Waals surface area contributed by atoms with Gasteiger partial charge in [-0.3, -0.25) is 4.79 Å². The minimum atomic E-state index is -0.163. The Kier molecular flexibility index (Phi) is 6.78. The quantitative estimate of drug-likeness (QED) is 0.537. The summed E-state index contributed by atoms with van der Waals surface area (Å²) >= 11 is 0. The normalized spacial score (nSPS) is 15.9. The zero-order valence-electron chi connectivity index (χ0n) is 13.3. The SMILES string of the molecule is COC(=O)Cc1cccc(CCCCC2CCCCC2)c1. The molecule has 0 atom stereocenters. The second-order valence-corrected chi connectivity index (χ2v) is 6.32. The van der Waals surface area contributed by atoms with Crippen LogP contribution in [-0.2, 0) is 22.4 Å². The minimum Gasteiger partial charge on any atom is -0.469 e. The molecule has 0 radical (unpaired) electrons. The molecule has 1 fully saturated rings. The lowest BCUT2D eigenvalue weighted by Gasteiger charge is -2.21. The Morgan fingerprint density at radius 1 is 1.14 bits per heavy atom. The van der Waals surface area contributed by atoms with Crippen molar-refractivity contribution in [2.45, 2.75) is 64.2 Å². The van der Waals surface area contributed by atoms with Gasteiger partial charge in [0.05, 0.1) is 13.5 Å². The Morgan fingerprint density at radius 3 is 2.67 bits per heavy atom. The summed E-state index contributed by atoms with van der Waals surface area (Å²) < 4.78 is 4.72. The molecule has 0 saturated heterocycles. The highest BCUT2D eigenvalue weighted by molar-refractivity contribution is 5.72. The van der Waals surface area contributed by atoms with Gasteiger partial charge in [0.2, 0.25) is 0 Å². The van der Waals surface area contributed by atoms with Crippen molar-refractivity contribution < 1.29 is 9.53 Å². The van der Waals surface area contributed by atoms with E-state index in [0.29, 0.717) is 6.42 Å². The number of aryl methyl sites for hydroxylation is 1. The summed E-state index contributed by atoms with van der Waals surface area (Å²) in [5, 5.41) is 0. The number of hydrogen-bond donors (Lipinski definition) is 0. The number of methoxy groups -OCH3 is 1. The van der Waals surface area contributed by atoms with Crippen molar-refractivity contribution in [1.29, 1.82) is 0 Å². The third kappa shape index (κ3) is 5.91. The molecule has 0 spiro atoms. The molecule has 0 heterocycles. The summed E-state index contributed by atoms with van der Waals surface area (Å²) in [6, 6.07) is 8.37. The molecule has 1 aliphatic carbocycles. The van der Waals surface area contributed by atoms with Crippen LogP contribution < -0.4 is 0 Å². The van der Waals surface area contributed by atoms with Gasteiger partial charge in [0.15, 0.2) is 0 Å². The molecule has 1 aromatic rings. The summed E-state index contributed by atoms with van der Waals surface area (Å²) in [6.45, 7) is 0. The zero-order chi connectivity index (χ0) is 14.9. The van der Waals surface area contributed by atoms with Gasteiger partial charge in [-0.25, -0.2) is 0 Å². The predicted octanol–water partition coefficient (Wildman–Crippen LogP) is 4.70. The molecule has 21 heavy (non-hydrogen) atoms. The molecule has 1 aromatic carbocycles. The first-order valence-corrected chi connectivity index (χ1v) is 8.42. The molecule has 0 amide bonds. The van der Waals surface area contributed by atoms with Gasteiger partial charge in [0, 0.05) is 0 Å². The van der Waals surface area contributed by atoms with Gasteiger partial charge in [0.1, 0.15) is 0 Å². The maximum Gasteiger partial charge on any atom is 0.309 e. The number of ether oxygens (including phenoxy) is 1. The Hall–Kier alpha value is -1.31. The lowest BCUT2D eigenvalue weighted by molar-refractivity contribution is -0.139. The Labute approximate surface area is 128 Å². The molecule has 1 aliphatic rings. The number of rotatable bonds is 7. The van der Waals surface area contributed by atoms with Crippen molar-refractivity contribution in [2.24, 2.45) is 5.92 Å². The number of unbranched alkanes of at least 4 members (excludes halogenated alkanes) is 1. The van der Waals surface area contributed by atoms with Crippen molar-refractivity contribution in [2.75, 3.05) is 7.11 Å². The molecule has 2 rings (SSSR count). The topological polar surface area (TPSA) is 26.3 Å². The molecule has 0 bridgehead atoms. The number of benzene rings is 1. The van der Waals surface area contributed by atoms with Crippen LogP contribution in [0, 0.1) is 5.92 Å². The maximum atomic E-state index is 11.3. The molecular formula is C19H28O2. The highest BCUT2D eigenvalue weighted by Gasteiger charge is 2.12. The third-order valence-electron chi connectivity index (χ3n) is 4.62. The van der Waals surface area contributed by atoms with Crippen molar-refractivity contribution >= 4 is 5.97 Å². The molecule has 2 heteroatoms. The fraction of sp³-hybridized carbons (Fsp3) is 0.632. The van der Waals surface area contributed by atoms with Gasteiger partial charge in [-0.1, -0.05) is 69.2 Å². The standard InChI is InChI=1S/C19H28O2/c1-21-19(20)15-18-13-7-12-17(14-18)11-6-5-10-16-8-3-2-4-9-16/h7,12-14,16H,2-6,8-11,15H2,1H3. The summed E-state index contributed by atoms with van der Waals surface area (Å²) in [7, 11) is 1.44. The van der Waals surface area contributed by atoms with Crippen molar-refractivity contribution in [1.82, 2.24) is 0 Å². The van der Waals surface area contributed by atoms with Crippen LogP contribution >= 0.6 is 0 Å². The molecule has 116 valence electrons. The molecule has 0 aromatic heterocycles. The van der Waals surface area contributed by atoms with E-state index in [1.807, 2.05) is 6.07 Å². The van der Waals surface area contributed by atoms with Crippen molar-refractivity contribution in [3.8, 4) is 0 Å². The average molecular weight is 288 g/mol. The minimum absolute atomic E-state index is 0.163. The van der Waals surface area contributed by atoms with E-state index in [2.05, 4.69) is 18.2 Å². The molecule has 1 saturated carbocycles. The Balaban J connectivity index is 1.70. The van der Waals surface area contributed by atoms with E-state index in [1.54, 1.807) is 0 Å². The summed E-state index contributed by atoms with van der Waals surface area (Å²) in [6.07, 6.45) is 12.8.